The van der Waals surface area contributed by atoms with Gasteiger partial charge in [-0.1, -0.05) is 38.3 Å². The van der Waals surface area contributed by atoms with Crippen LogP contribution in [0.3, 0.4) is 0 Å². The molecule has 0 aromatic heterocycles. The van der Waals surface area contributed by atoms with Gasteiger partial charge in [-0.15, -0.1) is 13.2 Å². The molecule has 202 valence electrons. The van der Waals surface area contributed by atoms with E-state index in [0.29, 0.717) is 38.9 Å². The summed E-state index contributed by atoms with van der Waals surface area (Å²) in [6.45, 7) is 11.5. The fourth-order valence-corrected chi connectivity index (χ4v) is 6.15. The van der Waals surface area contributed by atoms with Crippen LogP contribution in [0.25, 0.3) is 0 Å². The summed E-state index contributed by atoms with van der Waals surface area (Å²) < 4.78 is 12.0. The molecule has 3 aliphatic rings. The maximum absolute atomic E-state index is 14.0. The fourth-order valence-electron chi connectivity index (χ4n) is 6.15. The van der Waals surface area contributed by atoms with Crippen molar-refractivity contribution in [1.29, 1.82) is 0 Å². The quantitative estimate of drug-likeness (QED) is 0.186. The number of esters is 1. The topological polar surface area (TPSA) is 96.4 Å². The molecule has 8 nitrogen and oxygen atoms in total. The second kappa shape index (κ2) is 13.4. The second-order valence-electron chi connectivity index (χ2n) is 10.3. The summed E-state index contributed by atoms with van der Waals surface area (Å²) in [6, 6.07) is -0.742. The van der Waals surface area contributed by atoms with E-state index in [1.165, 1.54) is 0 Å². The van der Waals surface area contributed by atoms with Crippen molar-refractivity contribution in [2.24, 2.45) is 11.8 Å². The summed E-state index contributed by atoms with van der Waals surface area (Å²) in [7, 11) is 0. The molecule has 5 atom stereocenters. The number of rotatable bonds is 17. The number of allylic oxidation sites excluding steroid dienone is 1. The summed E-state index contributed by atoms with van der Waals surface area (Å²) in [5.41, 5.74) is -0.986. The lowest BCUT2D eigenvalue weighted by atomic mass is 9.70. The van der Waals surface area contributed by atoms with Crippen LogP contribution in [0.4, 0.5) is 0 Å². The van der Waals surface area contributed by atoms with E-state index >= 15 is 0 Å². The van der Waals surface area contributed by atoms with Crippen molar-refractivity contribution in [2.45, 2.75) is 88.9 Å². The molecule has 0 radical (unpaired) electrons. The van der Waals surface area contributed by atoms with Crippen LogP contribution in [-0.4, -0.2) is 83.3 Å². The molecule has 3 heterocycles. The highest BCUT2D eigenvalue weighted by Gasteiger charge is 2.74. The highest BCUT2D eigenvalue weighted by molar-refractivity contribution is 5.98. The van der Waals surface area contributed by atoms with Gasteiger partial charge in [0.1, 0.15) is 11.6 Å². The molecule has 2 unspecified atom stereocenters. The average molecular weight is 505 g/mol. The van der Waals surface area contributed by atoms with Gasteiger partial charge in [-0.05, 0) is 44.9 Å². The van der Waals surface area contributed by atoms with Gasteiger partial charge >= 0.3 is 5.97 Å². The van der Waals surface area contributed by atoms with Crippen molar-refractivity contribution in [2.75, 3.05) is 32.8 Å². The van der Waals surface area contributed by atoms with Gasteiger partial charge in [0, 0.05) is 26.2 Å². The van der Waals surface area contributed by atoms with E-state index in [1.807, 2.05) is 0 Å². The largest absolute Gasteiger partial charge is 0.465 e. The molecule has 0 saturated carbocycles. The number of likely N-dealkylation sites (tertiary alicyclic amines) is 1. The number of hydrogen-bond acceptors (Lipinski definition) is 6. The molecule has 2 bridgehead atoms. The third-order valence-electron chi connectivity index (χ3n) is 7.85. The van der Waals surface area contributed by atoms with Gasteiger partial charge in [0.15, 0.2) is 0 Å². The lowest BCUT2D eigenvalue weighted by Crippen LogP contribution is -2.56. The third kappa shape index (κ3) is 5.70. The normalized spacial score (nSPS) is 28.3. The average Bonchev–Trinajstić information content (AvgIpc) is 3.51. The van der Waals surface area contributed by atoms with Crippen molar-refractivity contribution < 1.29 is 29.0 Å². The molecular weight excluding hydrogens is 460 g/mol. The van der Waals surface area contributed by atoms with Crippen LogP contribution in [0, 0.1) is 11.8 Å². The molecule has 0 aromatic carbocycles. The number of fused-ring (bicyclic) bond motifs is 1. The number of ether oxygens (including phenoxy) is 2. The Balaban J connectivity index is 1.86. The number of aliphatic hydroxyl groups excluding tert-OH is 1. The van der Waals surface area contributed by atoms with E-state index in [-0.39, 0.29) is 25.0 Å². The number of aliphatic hydroxyl groups is 1. The zero-order chi connectivity index (χ0) is 26.1. The molecule has 1 spiro atoms. The van der Waals surface area contributed by atoms with E-state index in [1.54, 1.807) is 22.0 Å². The van der Waals surface area contributed by atoms with Gasteiger partial charge in [0.05, 0.1) is 24.5 Å². The van der Waals surface area contributed by atoms with Crippen LogP contribution < -0.4 is 0 Å². The molecule has 8 heteroatoms. The van der Waals surface area contributed by atoms with Crippen molar-refractivity contribution in [3.8, 4) is 0 Å². The Morgan fingerprint density at radius 1 is 1.19 bits per heavy atom. The first-order valence-corrected chi connectivity index (χ1v) is 13.7. The van der Waals surface area contributed by atoms with Crippen LogP contribution in [0.5, 0.6) is 0 Å². The van der Waals surface area contributed by atoms with E-state index in [0.717, 1.165) is 44.9 Å². The molecule has 2 amide bonds. The predicted molar refractivity (Wildman–Crippen MR) is 137 cm³/mol. The Morgan fingerprint density at radius 2 is 1.97 bits per heavy atom. The van der Waals surface area contributed by atoms with Crippen LogP contribution in [0.15, 0.2) is 25.3 Å². The van der Waals surface area contributed by atoms with Gasteiger partial charge in [-0.3, -0.25) is 14.4 Å². The monoisotopic (exact) mass is 504 g/mol. The van der Waals surface area contributed by atoms with Crippen LogP contribution in [-0.2, 0) is 23.9 Å². The Hall–Kier alpha value is -2.19. The third-order valence-corrected chi connectivity index (χ3v) is 7.85. The van der Waals surface area contributed by atoms with E-state index < -0.39 is 35.6 Å². The van der Waals surface area contributed by atoms with Crippen molar-refractivity contribution in [3.63, 3.8) is 0 Å². The first-order valence-electron chi connectivity index (χ1n) is 13.7. The zero-order valence-electron chi connectivity index (χ0n) is 21.9. The van der Waals surface area contributed by atoms with E-state index in [4.69, 9.17) is 14.6 Å². The molecule has 3 saturated heterocycles. The smallest absolute Gasteiger partial charge is 0.312 e. The summed E-state index contributed by atoms with van der Waals surface area (Å²) in [4.78, 5) is 44.5. The Bertz CT molecular complexity index is 801. The highest BCUT2D eigenvalue weighted by atomic mass is 16.6. The van der Waals surface area contributed by atoms with E-state index in [2.05, 4.69) is 20.1 Å². The molecule has 3 fully saturated rings. The minimum absolute atomic E-state index is 0.116. The summed E-state index contributed by atoms with van der Waals surface area (Å²) in [5.74, 6) is -2.04. The summed E-state index contributed by atoms with van der Waals surface area (Å²) in [6.07, 6.45) is 10.8. The molecule has 0 aliphatic carbocycles. The van der Waals surface area contributed by atoms with Crippen LogP contribution >= 0.6 is 0 Å². The standard InChI is InChI=1S/C28H44N2O6/c1-4-7-13-20-35-27(34)22-21-14-15-28(36-21)23(22)25(32)30(18-11-9-10-12-19-31)24(28)26(33)29(16-6-3)17-8-5-2/h4,6,21-24,31H,1,3,5,7-20H2,2H3/t21-,22+,23+,24?,28?/m1/s1. The Labute approximate surface area is 215 Å². The number of carbonyl (C=O) groups is 3. The first kappa shape index (κ1) is 28.4. The Kier molecular flexibility index (Phi) is 10.5. The van der Waals surface area contributed by atoms with E-state index in [9.17, 15) is 14.4 Å². The fraction of sp³-hybridized carbons (Fsp3) is 0.750. The molecular formula is C28H44N2O6. The SMILES string of the molecule is C=CCCCOC(=O)[C@@H]1[C@H]2C(=O)N(CCCCCCO)C(C(=O)N(CC=C)CCCC)C23CC[C@H]1O3. The van der Waals surface area contributed by atoms with Gasteiger partial charge in [0.25, 0.3) is 0 Å². The minimum Gasteiger partial charge on any atom is -0.465 e. The maximum atomic E-state index is 14.0. The maximum Gasteiger partial charge on any atom is 0.312 e. The lowest BCUT2D eigenvalue weighted by molar-refractivity contribution is -0.155. The number of nitrogens with zero attached hydrogens (tertiary/aromatic N) is 2. The summed E-state index contributed by atoms with van der Waals surface area (Å²) >= 11 is 0. The van der Waals surface area contributed by atoms with Gasteiger partial charge in [-0.2, -0.15) is 0 Å². The zero-order valence-corrected chi connectivity index (χ0v) is 21.9. The summed E-state index contributed by atoms with van der Waals surface area (Å²) in [5, 5.41) is 9.08. The van der Waals surface area contributed by atoms with Gasteiger partial charge in [0.2, 0.25) is 11.8 Å². The highest BCUT2D eigenvalue weighted by Crippen LogP contribution is 2.58. The number of unbranched alkanes of at least 4 members (excludes halogenated alkanes) is 5. The van der Waals surface area contributed by atoms with Gasteiger partial charge < -0.3 is 24.4 Å². The van der Waals surface area contributed by atoms with Crippen molar-refractivity contribution in [1.82, 2.24) is 9.80 Å². The second-order valence-corrected chi connectivity index (χ2v) is 10.3. The number of hydrogen-bond donors (Lipinski definition) is 1. The number of amides is 2. The van der Waals surface area contributed by atoms with Crippen LogP contribution in [0.2, 0.25) is 0 Å². The minimum atomic E-state index is -0.986. The Morgan fingerprint density at radius 3 is 2.67 bits per heavy atom. The van der Waals surface area contributed by atoms with Crippen molar-refractivity contribution >= 4 is 17.8 Å². The predicted octanol–water partition coefficient (Wildman–Crippen LogP) is 3.24. The van der Waals surface area contributed by atoms with Crippen LogP contribution in [0.1, 0.15) is 71.1 Å². The first-order chi connectivity index (χ1) is 17.5. The molecule has 3 aliphatic heterocycles. The molecule has 0 aromatic rings. The number of carbonyl (C=O) groups excluding carboxylic acids is 3. The van der Waals surface area contributed by atoms with Crippen molar-refractivity contribution in [3.05, 3.63) is 25.3 Å². The lowest BCUT2D eigenvalue weighted by Gasteiger charge is -2.36. The molecule has 1 N–H and O–H groups in total. The molecule has 36 heavy (non-hydrogen) atoms. The van der Waals surface area contributed by atoms with Gasteiger partial charge in [-0.25, -0.2) is 0 Å². The molecule has 3 rings (SSSR count).